The van der Waals surface area contributed by atoms with Crippen LogP contribution in [0.15, 0.2) is 52.9 Å². The molecule has 2 N–H and O–H groups in total. The Morgan fingerprint density at radius 1 is 1.04 bits per heavy atom. The number of methoxy groups -OCH3 is 1. The second kappa shape index (κ2) is 7.31. The molecule has 4 heteroatoms. The zero-order valence-corrected chi connectivity index (χ0v) is 13.2. The first-order chi connectivity index (χ1) is 11.3. The fourth-order valence-corrected chi connectivity index (χ4v) is 2.55. The fourth-order valence-electron chi connectivity index (χ4n) is 2.55. The Morgan fingerprint density at radius 3 is 2.57 bits per heavy atom. The number of hydrogen-bond donors (Lipinski definition) is 2. The summed E-state index contributed by atoms with van der Waals surface area (Å²) in [6.07, 6.45) is 0.944. The van der Waals surface area contributed by atoms with Gasteiger partial charge in [0, 0.05) is 5.39 Å². The van der Waals surface area contributed by atoms with Gasteiger partial charge in [-0.25, -0.2) is 0 Å². The van der Waals surface area contributed by atoms with E-state index < -0.39 is 0 Å². The number of benzene rings is 2. The molecule has 0 fully saturated rings. The normalized spacial score (nSPS) is 11.0. The molecule has 0 saturated carbocycles. The highest BCUT2D eigenvalue weighted by atomic mass is 16.5. The molecule has 0 atom stereocenters. The molecular weight excluding hydrogens is 290 g/mol. The van der Waals surface area contributed by atoms with Crippen LogP contribution in [0.1, 0.15) is 16.9 Å². The Balaban J connectivity index is 1.51. The first kappa shape index (κ1) is 15.6. The van der Waals surface area contributed by atoms with Gasteiger partial charge >= 0.3 is 0 Å². The maximum Gasteiger partial charge on any atom is 0.134 e. The molecule has 1 heterocycles. The molecule has 0 aliphatic carbocycles. The largest absolute Gasteiger partial charge is 0.497 e. The van der Waals surface area contributed by atoms with E-state index in [0.29, 0.717) is 6.54 Å². The number of furan rings is 1. The molecule has 0 aliphatic rings. The molecule has 1 aromatic heterocycles. The van der Waals surface area contributed by atoms with Crippen LogP contribution in [0.3, 0.4) is 0 Å². The molecule has 0 saturated heterocycles. The van der Waals surface area contributed by atoms with Crippen molar-refractivity contribution in [3.63, 3.8) is 0 Å². The van der Waals surface area contributed by atoms with Crippen molar-refractivity contribution < 1.29 is 14.3 Å². The van der Waals surface area contributed by atoms with Crippen molar-refractivity contribution >= 4 is 11.0 Å². The van der Waals surface area contributed by atoms with Crippen LogP contribution < -0.4 is 10.1 Å². The average Bonchev–Trinajstić information content (AvgIpc) is 3.01. The number of hydrogen-bond acceptors (Lipinski definition) is 4. The lowest BCUT2D eigenvalue weighted by atomic mass is 10.1. The zero-order valence-electron chi connectivity index (χ0n) is 13.2. The predicted molar refractivity (Wildman–Crippen MR) is 90.5 cm³/mol. The molecule has 0 aliphatic heterocycles. The second-order valence-corrected chi connectivity index (χ2v) is 5.52. The van der Waals surface area contributed by atoms with Gasteiger partial charge in [-0.1, -0.05) is 24.3 Å². The molecular formula is C19H21NO3. The summed E-state index contributed by atoms with van der Waals surface area (Å²) in [6, 6.07) is 15.9. The minimum atomic E-state index is 0.0926. The fraction of sp³-hybridized carbons (Fsp3) is 0.263. The van der Waals surface area contributed by atoms with Gasteiger partial charge in [0.15, 0.2) is 0 Å². The molecule has 0 bridgehead atoms. The van der Waals surface area contributed by atoms with Crippen LogP contribution in [0.25, 0.3) is 11.0 Å². The second-order valence-electron chi connectivity index (χ2n) is 5.52. The zero-order chi connectivity index (χ0) is 16.1. The molecule has 23 heavy (non-hydrogen) atoms. The SMILES string of the molecule is COc1ccc2oc(CNCCc3ccc(CO)cc3)cc2c1. The number of ether oxygens (including phenoxy) is 1. The van der Waals surface area contributed by atoms with Gasteiger partial charge in [-0.05, 0) is 48.4 Å². The third kappa shape index (κ3) is 3.92. The van der Waals surface area contributed by atoms with E-state index in [2.05, 4.69) is 17.4 Å². The summed E-state index contributed by atoms with van der Waals surface area (Å²) >= 11 is 0. The van der Waals surface area contributed by atoms with Crippen molar-refractivity contribution in [1.29, 1.82) is 0 Å². The number of aliphatic hydroxyl groups is 1. The van der Waals surface area contributed by atoms with Crippen LogP contribution in [0.2, 0.25) is 0 Å². The van der Waals surface area contributed by atoms with E-state index in [-0.39, 0.29) is 6.61 Å². The van der Waals surface area contributed by atoms with Gasteiger partial charge < -0.3 is 19.6 Å². The van der Waals surface area contributed by atoms with Crippen LogP contribution in [0.4, 0.5) is 0 Å². The highest BCUT2D eigenvalue weighted by Gasteiger charge is 2.04. The Bertz CT molecular complexity index is 762. The first-order valence-electron chi connectivity index (χ1n) is 7.74. The Morgan fingerprint density at radius 2 is 1.83 bits per heavy atom. The molecule has 0 unspecified atom stereocenters. The molecule has 3 aromatic rings. The molecule has 4 nitrogen and oxygen atoms in total. The molecule has 0 radical (unpaired) electrons. The standard InChI is InChI=1S/C19H21NO3/c1-22-17-6-7-19-16(10-17)11-18(23-19)12-20-9-8-14-2-4-15(13-21)5-3-14/h2-7,10-11,20-21H,8-9,12-13H2,1H3. The highest BCUT2D eigenvalue weighted by molar-refractivity contribution is 5.79. The quantitative estimate of drug-likeness (QED) is 0.658. The number of nitrogens with one attached hydrogen (secondary N) is 1. The minimum Gasteiger partial charge on any atom is -0.497 e. The van der Waals surface area contributed by atoms with Crippen molar-refractivity contribution in [3.05, 3.63) is 65.4 Å². The Kier molecular flexibility index (Phi) is 4.95. The summed E-state index contributed by atoms with van der Waals surface area (Å²) in [6.45, 7) is 1.67. The maximum absolute atomic E-state index is 9.03. The summed E-state index contributed by atoms with van der Waals surface area (Å²) in [7, 11) is 1.66. The smallest absolute Gasteiger partial charge is 0.134 e. The van der Waals surface area contributed by atoms with Crippen molar-refractivity contribution in [2.45, 2.75) is 19.6 Å². The number of rotatable bonds is 7. The van der Waals surface area contributed by atoms with Gasteiger partial charge in [-0.3, -0.25) is 0 Å². The van der Waals surface area contributed by atoms with Crippen LogP contribution in [0, 0.1) is 0 Å². The third-order valence-electron chi connectivity index (χ3n) is 3.87. The first-order valence-corrected chi connectivity index (χ1v) is 7.74. The van der Waals surface area contributed by atoms with Gasteiger partial charge in [0.05, 0.1) is 20.3 Å². The Labute approximate surface area is 135 Å². The minimum absolute atomic E-state index is 0.0926. The molecule has 0 amide bonds. The van der Waals surface area contributed by atoms with Gasteiger partial charge in [0.2, 0.25) is 0 Å². The maximum atomic E-state index is 9.03. The van der Waals surface area contributed by atoms with Crippen LogP contribution in [0.5, 0.6) is 5.75 Å². The van der Waals surface area contributed by atoms with E-state index >= 15 is 0 Å². The molecule has 3 rings (SSSR count). The summed E-state index contributed by atoms with van der Waals surface area (Å²) in [5.41, 5.74) is 3.07. The van der Waals surface area contributed by atoms with E-state index in [1.165, 1.54) is 5.56 Å². The van der Waals surface area contributed by atoms with E-state index in [0.717, 1.165) is 41.0 Å². The van der Waals surface area contributed by atoms with Crippen molar-refractivity contribution in [1.82, 2.24) is 5.32 Å². The van der Waals surface area contributed by atoms with Gasteiger partial charge in [0.25, 0.3) is 0 Å². The van der Waals surface area contributed by atoms with E-state index in [1.807, 2.05) is 36.4 Å². The van der Waals surface area contributed by atoms with Crippen molar-refractivity contribution in [2.75, 3.05) is 13.7 Å². The topological polar surface area (TPSA) is 54.6 Å². The third-order valence-corrected chi connectivity index (χ3v) is 3.87. The van der Waals surface area contributed by atoms with Crippen LogP contribution >= 0.6 is 0 Å². The number of aliphatic hydroxyl groups excluding tert-OH is 1. The summed E-state index contributed by atoms with van der Waals surface area (Å²) in [4.78, 5) is 0. The van der Waals surface area contributed by atoms with Gasteiger partial charge in [-0.2, -0.15) is 0 Å². The van der Waals surface area contributed by atoms with Crippen LogP contribution in [-0.2, 0) is 19.6 Å². The summed E-state index contributed by atoms with van der Waals surface area (Å²) < 4.78 is 11.0. The molecule has 0 spiro atoms. The van der Waals surface area contributed by atoms with Crippen molar-refractivity contribution in [3.8, 4) is 5.75 Å². The number of fused-ring (bicyclic) bond motifs is 1. The monoisotopic (exact) mass is 311 g/mol. The average molecular weight is 311 g/mol. The van der Waals surface area contributed by atoms with Gasteiger partial charge in [-0.15, -0.1) is 0 Å². The van der Waals surface area contributed by atoms with Crippen LogP contribution in [-0.4, -0.2) is 18.8 Å². The predicted octanol–water partition coefficient (Wildman–Crippen LogP) is 3.27. The lowest BCUT2D eigenvalue weighted by Crippen LogP contribution is -2.16. The summed E-state index contributed by atoms with van der Waals surface area (Å²) in [5, 5.41) is 13.5. The molecule has 2 aromatic carbocycles. The lowest BCUT2D eigenvalue weighted by molar-refractivity contribution is 0.282. The molecule has 120 valence electrons. The van der Waals surface area contributed by atoms with E-state index in [9.17, 15) is 0 Å². The summed E-state index contributed by atoms with van der Waals surface area (Å²) in [5.74, 6) is 1.76. The van der Waals surface area contributed by atoms with E-state index in [4.69, 9.17) is 14.3 Å². The van der Waals surface area contributed by atoms with Gasteiger partial charge in [0.1, 0.15) is 17.1 Å². The van der Waals surface area contributed by atoms with E-state index in [1.54, 1.807) is 7.11 Å². The highest BCUT2D eigenvalue weighted by Crippen LogP contribution is 2.24. The lowest BCUT2D eigenvalue weighted by Gasteiger charge is -2.04. The van der Waals surface area contributed by atoms with Crippen molar-refractivity contribution in [2.24, 2.45) is 0 Å². The Hall–Kier alpha value is -2.30.